The van der Waals surface area contributed by atoms with Gasteiger partial charge in [-0.15, -0.1) is 0 Å². The Morgan fingerprint density at radius 3 is 2.78 bits per heavy atom. The predicted octanol–water partition coefficient (Wildman–Crippen LogP) is 4.07. The molecule has 0 spiro atoms. The molecular formula is C18H22N4S. The molecule has 1 aliphatic rings. The molecule has 23 heavy (non-hydrogen) atoms. The lowest BCUT2D eigenvalue weighted by molar-refractivity contribution is 0.459. The second kappa shape index (κ2) is 6.06. The van der Waals surface area contributed by atoms with Crippen molar-refractivity contribution in [3.63, 3.8) is 0 Å². The van der Waals surface area contributed by atoms with Crippen LogP contribution in [0.1, 0.15) is 49.1 Å². The number of hydrogen-bond donors (Lipinski definition) is 1. The summed E-state index contributed by atoms with van der Waals surface area (Å²) in [7, 11) is 0. The van der Waals surface area contributed by atoms with Crippen LogP contribution >= 0.6 is 11.3 Å². The number of rotatable bonds is 3. The van der Waals surface area contributed by atoms with Gasteiger partial charge in [0.15, 0.2) is 0 Å². The molecule has 1 fully saturated rings. The number of nitrogens with zero attached hydrogens (tertiary/aromatic N) is 3. The fourth-order valence-electron chi connectivity index (χ4n) is 3.27. The quantitative estimate of drug-likeness (QED) is 0.789. The lowest BCUT2D eigenvalue weighted by Crippen LogP contribution is -2.26. The average molecular weight is 326 g/mol. The topological polar surface area (TPSA) is 42.7 Å². The summed E-state index contributed by atoms with van der Waals surface area (Å²) in [4.78, 5) is 10.8. The normalized spacial score (nSPS) is 16.5. The van der Waals surface area contributed by atoms with Crippen molar-refractivity contribution in [2.45, 2.75) is 38.5 Å². The summed E-state index contributed by atoms with van der Waals surface area (Å²) >= 11 is 1.85. The number of hydrogen-bond acceptors (Lipinski definition) is 4. The molecule has 0 amide bonds. The van der Waals surface area contributed by atoms with E-state index in [1.807, 2.05) is 29.7 Å². The molecule has 4 heterocycles. The molecule has 5 heteroatoms. The van der Waals surface area contributed by atoms with Gasteiger partial charge in [-0.25, -0.2) is 9.97 Å². The Hall–Kier alpha value is -1.72. The van der Waals surface area contributed by atoms with Gasteiger partial charge in [0.1, 0.15) is 16.2 Å². The van der Waals surface area contributed by atoms with Crippen molar-refractivity contribution in [2.75, 3.05) is 13.1 Å². The summed E-state index contributed by atoms with van der Waals surface area (Å²) in [6, 6.07) is 6.06. The second-order valence-electron chi connectivity index (χ2n) is 6.53. The number of pyridine rings is 1. The monoisotopic (exact) mass is 326 g/mol. The van der Waals surface area contributed by atoms with Crippen LogP contribution in [0.25, 0.3) is 16.2 Å². The zero-order chi connectivity index (χ0) is 15.8. The first-order chi connectivity index (χ1) is 11.2. The van der Waals surface area contributed by atoms with E-state index in [0.717, 1.165) is 18.9 Å². The first kappa shape index (κ1) is 14.8. The zero-order valence-electron chi connectivity index (χ0n) is 13.6. The van der Waals surface area contributed by atoms with Crippen LogP contribution in [0, 0.1) is 0 Å². The van der Waals surface area contributed by atoms with Crippen molar-refractivity contribution in [1.82, 2.24) is 19.9 Å². The van der Waals surface area contributed by atoms with E-state index in [1.54, 1.807) is 0 Å². The molecule has 1 N–H and O–H groups in total. The molecule has 0 aliphatic carbocycles. The van der Waals surface area contributed by atoms with Crippen molar-refractivity contribution in [2.24, 2.45) is 0 Å². The summed E-state index contributed by atoms with van der Waals surface area (Å²) in [5, 5.41) is 4.74. The summed E-state index contributed by atoms with van der Waals surface area (Å²) in [6.07, 6.45) is 6.45. The molecule has 120 valence electrons. The van der Waals surface area contributed by atoms with Crippen LogP contribution in [0.3, 0.4) is 0 Å². The SMILES string of the molecule is CC(C)c1cn(-c2ccccn2)c2sc(C3CCNCC3)nc12. The highest BCUT2D eigenvalue weighted by Crippen LogP contribution is 2.37. The third-order valence-corrected chi connectivity index (χ3v) is 5.81. The maximum absolute atomic E-state index is 5.05. The number of fused-ring (bicyclic) bond motifs is 1. The molecule has 4 rings (SSSR count). The van der Waals surface area contributed by atoms with E-state index in [4.69, 9.17) is 4.98 Å². The van der Waals surface area contributed by atoms with Crippen molar-refractivity contribution in [1.29, 1.82) is 0 Å². The summed E-state index contributed by atoms with van der Waals surface area (Å²) in [6.45, 7) is 6.68. The molecule has 1 saturated heterocycles. The molecule has 3 aromatic rings. The number of piperidine rings is 1. The molecule has 0 aromatic carbocycles. The molecule has 1 aliphatic heterocycles. The predicted molar refractivity (Wildman–Crippen MR) is 95.7 cm³/mol. The Kier molecular flexibility index (Phi) is 3.91. The van der Waals surface area contributed by atoms with E-state index >= 15 is 0 Å². The fraction of sp³-hybridized carbons (Fsp3) is 0.444. The third kappa shape index (κ3) is 2.68. The number of aromatic nitrogens is 3. The minimum Gasteiger partial charge on any atom is -0.317 e. The van der Waals surface area contributed by atoms with Crippen molar-refractivity contribution < 1.29 is 0 Å². The highest BCUT2D eigenvalue weighted by Gasteiger charge is 2.23. The van der Waals surface area contributed by atoms with E-state index in [1.165, 1.54) is 33.8 Å². The fourth-order valence-corrected chi connectivity index (χ4v) is 4.51. The molecule has 0 bridgehead atoms. The van der Waals surface area contributed by atoms with E-state index in [2.05, 4.69) is 41.0 Å². The molecule has 3 aromatic heterocycles. The van der Waals surface area contributed by atoms with Gasteiger partial charge in [0, 0.05) is 23.9 Å². The van der Waals surface area contributed by atoms with Crippen molar-refractivity contribution in [3.05, 3.63) is 41.2 Å². The van der Waals surface area contributed by atoms with Gasteiger partial charge < -0.3 is 5.32 Å². The average Bonchev–Trinajstić information content (AvgIpc) is 3.15. The van der Waals surface area contributed by atoms with Crippen molar-refractivity contribution in [3.8, 4) is 5.82 Å². The van der Waals surface area contributed by atoms with Gasteiger partial charge in [0.05, 0.1) is 5.01 Å². The summed E-state index contributed by atoms with van der Waals surface area (Å²) in [5.41, 5.74) is 2.49. The Labute approximate surface area is 140 Å². The molecule has 0 radical (unpaired) electrons. The van der Waals surface area contributed by atoms with Crippen LogP contribution in [0.2, 0.25) is 0 Å². The maximum Gasteiger partial charge on any atom is 0.137 e. The van der Waals surface area contributed by atoms with E-state index in [-0.39, 0.29) is 0 Å². The second-order valence-corrected chi connectivity index (χ2v) is 7.54. The minimum absolute atomic E-state index is 0.463. The highest BCUT2D eigenvalue weighted by molar-refractivity contribution is 7.18. The smallest absolute Gasteiger partial charge is 0.137 e. The molecule has 4 nitrogen and oxygen atoms in total. The van der Waals surface area contributed by atoms with Gasteiger partial charge in [0.25, 0.3) is 0 Å². The number of thiazole rings is 1. The van der Waals surface area contributed by atoms with Crippen molar-refractivity contribution >= 4 is 21.7 Å². The van der Waals surface area contributed by atoms with Gasteiger partial charge in [-0.3, -0.25) is 4.57 Å². The van der Waals surface area contributed by atoms with Crippen LogP contribution < -0.4 is 5.32 Å². The van der Waals surface area contributed by atoms with E-state index in [0.29, 0.717) is 11.8 Å². The Balaban J connectivity index is 1.85. The van der Waals surface area contributed by atoms with Gasteiger partial charge in [-0.1, -0.05) is 31.3 Å². The lowest BCUT2D eigenvalue weighted by atomic mass is 9.99. The largest absolute Gasteiger partial charge is 0.317 e. The lowest BCUT2D eigenvalue weighted by Gasteiger charge is -2.20. The Bertz CT molecular complexity index is 797. The minimum atomic E-state index is 0.463. The standard InChI is InChI=1S/C18H22N4S/c1-12(2)14-11-22(15-5-3-4-8-20-15)18-16(14)21-17(23-18)13-6-9-19-10-7-13/h3-5,8,11-13,19H,6-7,9-10H2,1-2H3. The first-order valence-electron chi connectivity index (χ1n) is 8.38. The van der Waals surface area contributed by atoms with Gasteiger partial charge in [0.2, 0.25) is 0 Å². The van der Waals surface area contributed by atoms with Gasteiger partial charge in [-0.2, -0.15) is 0 Å². The molecular weight excluding hydrogens is 304 g/mol. The third-order valence-electron chi connectivity index (χ3n) is 4.59. The van der Waals surface area contributed by atoms with Crippen LogP contribution in [0.4, 0.5) is 0 Å². The summed E-state index contributed by atoms with van der Waals surface area (Å²) in [5.74, 6) is 2.04. The first-order valence-corrected chi connectivity index (χ1v) is 9.19. The maximum atomic E-state index is 5.05. The summed E-state index contributed by atoms with van der Waals surface area (Å²) < 4.78 is 2.22. The van der Waals surface area contributed by atoms with Crippen LogP contribution in [-0.2, 0) is 0 Å². The van der Waals surface area contributed by atoms with Crippen LogP contribution in [-0.4, -0.2) is 27.6 Å². The molecule has 0 unspecified atom stereocenters. The van der Waals surface area contributed by atoms with E-state index in [9.17, 15) is 0 Å². The Morgan fingerprint density at radius 1 is 1.26 bits per heavy atom. The van der Waals surface area contributed by atoms with E-state index < -0.39 is 0 Å². The molecule has 0 saturated carbocycles. The highest BCUT2D eigenvalue weighted by atomic mass is 32.1. The zero-order valence-corrected chi connectivity index (χ0v) is 14.4. The molecule has 0 atom stereocenters. The van der Waals surface area contributed by atoms with Crippen LogP contribution in [0.15, 0.2) is 30.6 Å². The van der Waals surface area contributed by atoms with Gasteiger partial charge >= 0.3 is 0 Å². The Morgan fingerprint density at radius 2 is 2.09 bits per heavy atom. The van der Waals surface area contributed by atoms with Crippen LogP contribution in [0.5, 0.6) is 0 Å². The number of nitrogens with one attached hydrogen (secondary N) is 1. The van der Waals surface area contributed by atoms with Gasteiger partial charge in [-0.05, 0) is 44.0 Å².